The summed E-state index contributed by atoms with van der Waals surface area (Å²) in [5, 5.41) is 3.69. The molecule has 378 valence electrons. The Hall–Kier alpha value is -3.55. The van der Waals surface area contributed by atoms with Gasteiger partial charge in [-0.15, -0.1) is 3.89 Å². The third-order valence-corrected chi connectivity index (χ3v) is 16.4. The molecule has 68 heavy (non-hydrogen) atoms. The number of likely N-dealkylation sites (N-methyl/N-ethyl adjacent to an activating group) is 1. The van der Waals surface area contributed by atoms with Crippen LogP contribution in [0.3, 0.4) is 0 Å². The number of hydrogen-bond donors (Lipinski definition) is 1. The molecule has 4 unspecified atom stereocenters. The van der Waals surface area contributed by atoms with Gasteiger partial charge in [0.05, 0.1) is 23.8 Å². The number of hydrogen-bond acceptors (Lipinski definition) is 16. The van der Waals surface area contributed by atoms with Crippen LogP contribution in [0.15, 0.2) is 24.4 Å². The average Bonchev–Trinajstić information content (AvgIpc) is 3.61. The van der Waals surface area contributed by atoms with E-state index in [1.165, 1.54) is 86.8 Å². The highest BCUT2D eigenvalue weighted by molar-refractivity contribution is 7.94. The van der Waals surface area contributed by atoms with Gasteiger partial charge >= 0.3 is 0 Å². The van der Waals surface area contributed by atoms with E-state index in [0.29, 0.717) is 65.9 Å². The van der Waals surface area contributed by atoms with E-state index in [-0.39, 0.29) is 12.3 Å². The minimum atomic E-state index is -0.476. The van der Waals surface area contributed by atoms with Crippen molar-refractivity contribution in [2.75, 3.05) is 108 Å². The quantitative estimate of drug-likeness (QED) is 0.0556. The van der Waals surface area contributed by atoms with E-state index in [1.54, 1.807) is 21.1 Å². The van der Waals surface area contributed by atoms with Gasteiger partial charge in [0.2, 0.25) is 12.4 Å². The van der Waals surface area contributed by atoms with E-state index < -0.39 is 11.5 Å². The van der Waals surface area contributed by atoms with Gasteiger partial charge in [0.25, 0.3) is 0 Å². The number of nitrogens with zero attached hydrogens (tertiary/aromatic N) is 9. The molecule has 0 radical (unpaired) electrons. The van der Waals surface area contributed by atoms with Gasteiger partial charge in [-0.3, -0.25) is 4.79 Å². The molecule has 3 aliphatic heterocycles. The first-order chi connectivity index (χ1) is 32.9. The second-order valence-electron chi connectivity index (χ2n) is 20.3. The average molecular weight is 983 g/mol. The second-order valence-corrected chi connectivity index (χ2v) is 22.3. The molecule has 0 bridgehead atoms. The van der Waals surface area contributed by atoms with Gasteiger partial charge in [0, 0.05) is 96.3 Å². The van der Waals surface area contributed by atoms with Crippen LogP contribution in [-0.2, 0) is 24.6 Å². The molecule has 2 saturated carbocycles. The van der Waals surface area contributed by atoms with Crippen molar-refractivity contribution in [3.05, 3.63) is 30.0 Å². The van der Waals surface area contributed by atoms with E-state index in [2.05, 4.69) is 37.7 Å². The molecule has 2 aliphatic carbocycles. The van der Waals surface area contributed by atoms with Crippen molar-refractivity contribution in [3.63, 3.8) is 0 Å². The maximum absolute atomic E-state index is 12.2. The molecule has 1 amide bonds. The normalized spacial score (nSPS) is 23.2. The maximum atomic E-state index is 12.2. The Morgan fingerprint density at radius 3 is 2.31 bits per heavy atom. The zero-order valence-corrected chi connectivity index (χ0v) is 43.3. The van der Waals surface area contributed by atoms with Gasteiger partial charge in [-0.05, 0) is 121 Å². The fourth-order valence-corrected chi connectivity index (χ4v) is 11.9. The van der Waals surface area contributed by atoms with E-state index in [1.807, 2.05) is 48.5 Å². The van der Waals surface area contributed by atoms with Crippen LogP contribution in [0.2, 0.25) is 0 Å². The van der Waals surface area contributed by atoms with Crippen molar-refractivity contribution in [1.29, 1.82) is 0 Å². The summed E-state index contributed by atoms with van der Waals surface area (Å²) in [6.07, 6.45) is 21.9. The molecule has 5 aliphatic rings. The minimum Gasteiger partial charge on any atom is -0.491 e. The summed E-state index contributed by atoms with van der Waals surface area (Å²) in [7, 11) is 8.95. The third-order valence-electron chi connectivity index (χ3n) is 15.0. The van der Waals surface area contributed by atoms with Crippen LogP contribution in [0, 0.1) is 11.3 Å². The molecule has 1 aromatic heterocycles. The predicted octanol–water partition coefficient (Wildman–Crippen LogP) is 7.85. The zero-order valence-electron chi connectivity index (χ0n) is 41.7. The van der Waals surface area contributed by atoms with Crippen LogP contribution in [0.5, 0.6) is 5.75 Å². The van der Waals surface area contributed by atoms with E-state index in [9.17, 15) is 23.1 Å². The van der Waals surface area contributed by atoms with Gasteiger partial charge in [-0.25, -0.2) is 17.9 Å². The number of unbranched alkanes of at least 4 members (excludes halogenated alkanes) is 4. The lowest BCUT2D eigenvalue weighted by molar-refractivity contribution is -0.110. The molecule has 5 fully saturated rings. The first kappa shape index (κ1) is 53.8. The summed E-state index contributed by atoms with van der Waals surface area (Å²) in [6.45, 7) is 10.9. The molecule has 18 heteroatoms. The van der Waals surface area contributed by atoms with Crippen molar-refractivity contribution >= 4 is 72.9 Å². The number of aldehydes is 3. The van der Waals surface area contributed by atoms with Crippen molar-refractivity contribution in [2.24, 2.45) is 11.3 Å². The molecular weight excluding hydrogens is 904 g/mol. The second kappa shape index (κ2) is 26.1. The van der Waals surface area contributed by atoms with Gasteiger partial charge in [-0.2, -0.15) is 4.98 Å². The van der Waals surface area contributed by atoms with Crippen LogP contribution >= 0.6 is 24.5 Å². The highest BCUT2D eigenvalue weighted by Crippen LogP contribution is 2.50. The van der Waals surface area contributed by atoms with E-state index >= 15 is 0 Å². The highest BCUT2D eigenvalue weighted by atomic mass is 32.2. The molecule has 7 rings (SSSR count). The van der Waals surface area contributed by atoms with Gasteiger partial charge in [0.15, 0.2) is 0 Å². The van der Waals surface area contributed by atoms with Crippen LogP contribution in [0.25, 0.3) is 0 Å². The Balaban J connectivity index is 0.00000145. The summed E-state index contributed by atoms with van der Waals surface area (Å²) < 4.78 is 23.7. The molecule has 1 aromatic carbocycles. The largest absolute Gasteiger partial charge is 0.491 e. The van der Waals surface area contributed by atoms with Crippen LogP contribution in [0.1, 0.15) is 115 Å². The first-order valence-electron chi connectivity index (χ1n) is 25.1. The monoisotopic (exact) mass is 983 g/mol. The smallest absolute Gasteiger partial charge is 0.224 e. The number of benzene rings is 1. The number of halogens is 1. The predicted molar refractivity (Wildman–Crippen MR) is 275 cm³/mol. The summed E-state index contributed by atoms with van der Waals surface area (Å²) >= 11 is 2.18. The van der Waals surface area contributed by atoms with Crippen molar-refractivity contribution in [1.82, 2.24) is 27.8 Å². The molecule has 15 nitrogen and oxygen atoms in total. The molecule has 2 aromatic rings. The first-order valence-corrected chi connectivity index (χ1v) is 26.5. The van der Waals surface area contributed by atoms with Crippen LogP contribution in [-0.4, -0.2) is 159 Å². The SMILES string of the molecule is CC1CCCC1N(C)c1nc(NC2CCN(SN3CCC4(CCN(CCCCCCCOc5cccc(N(C)C(C=O)CCC=O)c5N(C)C=O)C4)C3)CC2)ncc1C1(C=O)CC1.CN(C)SF. The van der Waals surface area contributed by atoms with E-state index in [4.69, 9.17) is 14.7 Å². The molecule has 3 saturated heterocycles. The van der Waals surface area contributed by atoms with Crippen molar-refractivity contribution < 1.29 is 27.8 Å². The summed E-state index contributed by atoms with van der Waals surface area (Å²) in [5.41, 5.74) is 2.36. The number of ether oxygens (including phenoxy) is 1. The van der Waals surface area contributed by atoms with Gasteiger partial charge < -0.3 is 44.0 Å². The Labute approximate surface area is 414 Å². The lowest BCUT2D eigenvalue weighted by Crippen LogP contribution is -2.39. The molecule has 1 N–H and O–H groups in total. The zero-order chi connectivity index (χ0) is 48.7. The molecule has 4 heterocycles. The van der Waals surface area contributed by atoms with Crippen molar-refractivity contribution in [2.45, 2.75) is 133 Å². The fourth-order valence-electron chi connectivity index (χ4n) is 10.7. The van der Waals surface area contributed by atoms with Crippen LogP contribution < -0.4 is 24.8 Å². The Bertz CT molecular complexity index is 1930. The Kier molecular flexibility index (Phi) is 20.6. The lowest BCUT2D eigenvalue weighted by Gasteiger charge is -2.34. The van der Waals surface area contributed by atoms with E-state index in [0.717, 1.165) is 94.8 Å². The number of amides is 1. The number of nitrogens with one attached hydrogen (secondary N) is 1. The number of para-hydroxylation sites is 1. The lowest BCUT2D eigenvalue weighted by atomic mass is 9.86. The number of aromatic nitrogens is 2. The number of piperidine rings is 1. The topological polar surface area (TPSA) is 138 Å². The summed E-state index contributed by atoms with van der Waals surface area (Å²) in [4.78, 5) is 65.0. The Morgan fingerprint density at radius 2 is 1.65 bits per heavy atom. The summed E-state index contributed by atoms with van der Waals surface area (Å²) in [6, 6.07) is 5.93. The summed E-state index contributed by atoms with van der Waals surface area (Å²) in [5.74, 6) is 2.87. The highest BCUT2D eigenvalue weighted by Gasteiger charge is 2.48. The number of carbonyl (C=O) groups is 4. The molecular formula is C50H79FN10O5S2. The van der Waals surface area contributed by atoms with Crippen molar-refractivity contribution in [3.8, 4) is 5.75 Å². The maximum Gasteiger partial charge on any atom is 0.224 e. The number of anilines is 4. The minimum absolute atomic E-state index is 0.213. The number of likely N-dealkylation sites (tertiary alicyclic amines) is 1. The Morgan fingerprint density at radius 1 is 0.912 bits per heavy atom. The molecule has 1 spiro atoms. The van der Waals surface area contributed by atoms with Crippen LogP contribution in [0.4, 0.5) is 27.0 Å². The third kappa shape index (κ3) is 14.3. The fraction of sp³-hybridized carbons (Fsp3) is 0.720. The van der Waals surface area contributed by atoms with Gasteiger partial charge in [-0.1, -0.05) is 38.7 Å². The standard InChI is InChI=1S/C48H73N9O5S.C2H6FNS/c1-37-13-10-15-41(37)54(4)45-40(48(35-60)20-21-48)31-49-46(51-45)50-38-18-25-56(26-19-38)63-57-28-23-47(34-57)22-27-55(33-47)24-8-6-5-7-9-30-62-43-17-11-16-42(44(43)52(2)36-61)53(3)39(32-59)14-12-29-58;1-4(2)5-3/h11,16-17,29,31-32,35-39,41H,5-10,12-15,18-28,30,33-34H2,1-4H3,(H,49,50,51);1-2H3. The number of carbonyl (C=O) groups excluding carboxylic acids is 4. The molecule has 4 atom stereocenters. The number of rotatable bonds is 26. The van der Waals surface area contributed by atoms with Gasteiger partial charge in [0.1, 0.15) is 48.4 Å².